The zero-order chi connectivity index (χ0) is 16.2. The molecule has 2 N–H and O–H groups in total. The average molecular weight is 316 g/mol. The van der Waals surface area contributed by atoms with Crippen molar-refractivity contribution in [3.05, 3.63) is 64.4 Å². The van der Waals surface area contributed by atoms with E-state index in [1.54, 1.807) is 18.2 Å². The SMILES string of the molecule is O=C(COc1ccc(F)cc1)NCc1ccc2oc(=O)[nH]c2c1. The van der Waals surface area contributed by atoms with E-state index in [0.29, 0.717) is 16.8 Å². The quantitative estimate of drug-likeness (QED) is 0.753. The molecule has 0 saturated heterocycles. The predicted molar refractivity (Wildman–Crippen MR) is 80.6 cm³/mol. The minimum atomic E-state index is -0.520. The van der Waals surface area contributed by atoms with Crippen LogP contribution < -0.4 is 15.8 Å². The molecule has 3 aromatic rings. The number of aromatic amines is 1. The third kappa shape index (κ3) is 3.76. The molecule has 1 heterocycles. The van der Waals surface area contributed by atoms with Crippen LogP contribution in [0.5, 0.6) is 5.75 Å². The molecular weight excluding hydrogens is 303 g/mol. The topological polar surface area (TPSA) is 84.3 Å². The Morgan fingerprint density at radius 2 is 2.00 bits per heavy atom. The first-order valence-corrected chi connectivity index (χ1v) is 6.87. The zero-order valence-corrected chi connectivity index (χ0v) is 12.0. The predicted octanol–water partition coefficient (Wildman–Crippen LogP) is 1.96. The molecule has 0 spiro atoms. The van der Waals surface area contributed by atoms with Gasteiger partial charge in [-0.2, -0.15) is 0 Å². The highest BCUT2D eigenvalue weighted by Gasteiger charge is 2.05. The number of oxazole rings is 1. The molecule has 3 rings (SSSR count). The van der Waals surface area contributed by atoms with E-state index in [1.807, 2.05) is 0 Å². The monoisotopic (exact) mass is 316 g/mol. The van der Waals surface area contributed by atoms with E-state index in [9.17, 15) is 14.0 Å². The van der Waals surface area contributed by atoms with Crippen LogP contribution in [0.25, 0.3) is 11.1 Å². The van der Waals surface area contributed by atoms with Crippen molar-refractivity contribution in [3.63, 3.8) is 0 Å². The lowest BCUT2D eigenvalue weighted by atomic mass is 10.2. The molecule has 1 aromatic heterocycles. The fourth-order valence-corrected chi connectivity index (χ4v) is 2.04. The number of carbonyl (C=O) groups excluding carboxylic acids is 1. The summed E-state index contributed by atoms with van der Waals surface area (Å²) >= 11 is 0. The average Bonchev–Trinajstić information content (AvgIpc) is 2.91. The smallest absolute Gasteiger partial charge is 0.417 e. The Morgan fingerprint density at radius 3 is 2.78 bits per heavy atom. The number of hydrogen-bond acceptors (Lipinski definition) is 4. The number of nitrogens with one attached hydrogen (secondary N) is 2. The summed E-state index contributed by atoms with van der Waals surface area (Å²) in [7, 11) is 0. The lowest BCUT2D eigenvalue weighted by molar-refractivity contribution is -0.123. The molecule has 0 unspecified atom stereocenters. The Hall–Kier alpha value is -3.09. The van der Waals surface area contributed by atoms with Crippen LogP contribution in [0.2, 0.25) is 0 Å². The lowest BCUT2D eigenvalue weighted by Crippen LogP contribution is -2.28. The number of amides is 1. The molecule has 0 bridgehead atoms. The fraction of sp³-hybridized carbons (Fsp3) is 0.125. The van der Waals surface area contributed by atoms with Crippen LogP contribution in [-0.2, 0) is 11.3 Å². The number of fused-ring (bicyclic) bond motifs is 1. The van der Waals surface area contributed by atoms with E-state index in [2.05, 4.69) is 10.3 Å². The molecule has 2 aromatic carbocycles. The number of aromatic nitrogens is 1. The Labute approximate surface area is 129 Å². The Balaban J connectivity index is 1.53. The van der Waals surface area contributed by atoms with Crippen molar-refractivity contribution in [1.29, 1.82) is 0 Å². The second-order valence-corrected chi connectivity index (χ2v) is 4.86. The Bertz CT molecular complexity index is 883. The van der Waals surface area contributed by atoms with E-state index < -0.39 is 5.76 Å². The number of ether oxygens (including phenoxy) is 1. The van der Waals surface area contributed by atoms with Gasteiger partial charge in [0.25, 0.3) is 5.91 Å². The molecule has 0 fully saturated rings. The normalized spacial score (nSPS) is 10.7. The van der Waals surface area contributed by atoms with Crippen molar-refractivity contribution >= 4 is 17.0 Å². The summed E-state index contributed by atoms with van der Waals surface area (Å²) in [6, 6.07) is 10.5. The summed E-state index contributed by atoms with van der Waals surface area (Å²) < 4.78 is 22.9. The maximum Gasteiger partial charge on any atom is 0.417 e. The minimum Gasteiger partial charge on any atom is -0.484 e. The summed E-state index contributed by atoms with van der Waals surface area (Å²) in [5.41, 5.74) is 1.85. The second kappa shape index (κ2) is 6.35. The summed E-state index contributed by atoms with van der Waals surface area (Å²) in [6.07, 6.45) is 0. The standard InChI is InChI=1S/C16H13FN2O4/c17-11-2-4-12(5-3-11)22-9-15(20)18-8-10-1-6-14-13(7-10)19-16(21)23-14/h1-7H,8-9H2,(H,18,20)(H,19,21). The van der Waals surface area contributed by atoms with Gasteiger partial charge in [0.1, 0.15) is 11.6 Å². The fourth-order valence-electron chi connectivity index (χ4n) is 2.04. The number of carbonyl (C=O) groups is 1. The van der Waals surface area contributed by atoms with Crippen LogP contribution in [0.15, 0.2) is 51.7 Å². The van der Waals surface area contributed by atoms with Gasteiger partial charge in [-0.3, -0.25) is 9.78 Å². The number of rotatable bonds is 5. The summed E-state index contributed by atoms with van der Waals surface area (Å²) in [5.74, 6) is -0.780. The van der Waals surface area contributed by atoms with E-state index in [1.165, 1.54) is 24.3 Å². The van der Waals surface area contributed by atoms with E-state index in [4.69, 9.17) is 9.15 Å². The molecule has 0 aliphatic heterocycles. The maximum absolute atomic E-state index is 12.7. The van der Waals surface area contributed by atoms with Crippen LogP contribution in [0.4, 0.5) is 4.39 Å². The molecule has 0 aliphatic rings. The van der Waals surface area contributed by atoms with Gasteiger partial charge in [0, 0.05) is 6.54 Å². The van der Waals surface area contributed by atoms with Crippen LogP contribution >= 0.6 is 0 Å². The second-order valence-electron chi connectivity index (χ2n) is 4.86. The Kier molecular flexibility index (Phi) is 4.09. The van der Waals surface area contributed by atoms with Crippen molar-refractivity contribution < 1.29 is 18.3 Å². The first kappa shape index (κ1) is 14.8. The van der Waals surface area contributed by atoms with Crippen molar-refractivity contribution in [2.24, 2.45) is 0 Å². The van der Waals surface area contributed by atoms with E-state index in [0.717, 1.165) is 5.56 Å². The van der Waals surface area contributed by atoms with E-state index >= 15 is 0 Å². The summed E-state index contributed by atoms with van der Waals surface area (Å²) in [6.45, 7) is 0.116. The van der Waals surface area contributed by atoms with E-state index in [-0.39, 0.29) is 24.9 Å². The largest absolute Gasteiger partial charge is 0.484 e. The van der Waals surface area contributed by atoms with Gasteiger partial charge in [-0.1, -0.05) is 6.07 Å². The highest BCUT2D eigenvalue weighted by Crippen LogP contribution is 2.12. The molecule has 0 saturated carbocycles. The van der Waals surface area contributed by atoms with Gasteiger partial charge in [0.2, 0.25) is 0 Å². The number of hydrogen-bond donors (Lipinski definition) is 2. The van der Waals surface area contributed by atoms with Crippen molar-refractivity contribution in [2.45, 2.75) is 6.54 Å². The van der Waals surface area contributed by atoms with Crippen molar-refractivity contribution in [3.8, 4) is 5.75 Å². The number of benzene rings is 2. The molecule has 1 amide bonds. The lowest BCUT2D eigenvalue weighted by Gasteiger charge is -2.07. The first-order valence-electron chi connectivity index (χ1n) is 6.87. The van der Waals surface area contributed by atoms with Gasteiger partial charge in [-0.15, -0.1) is 0 Å². The first-order chi connectivity index (χ1) is 11.1. The highest BCUT2D eigenvalue weighted by atomic mass is 19.1. The summed E-state index contributed by atoms with van der Waals surface area (Å²) in [5, 5.41) is 2.69. The van der Waals surface area contributed by atoms with Gasteiger partial charge in [0.15, 0.2) is 12.2 Å². The molecule has 0 radical (unpaired) electrons. The highest BCUT2D eigenvalue weighted by molar-refractivity contribution is 5.78. The third-order valence-electron chi connectivity index (χ3n) is 3.16. The molecule has 0 aliphatic carbocycles. The molecular formula is C16H13FN2O4. The summed E-state index contributed by atoms with van der Waals surface area (Å²) in [4.78, 5) is 25.4. The maximum atomic E-state index is 12.7. The number of halogens is 1. The zero-order valence-electron chi connectivity index (χ0n) is 12.0. The van der Waals surface area contributed by atoms with Gasteiger partial charge < -0.3 is 14.5 Å². The number of H-pyrrole nitrogens is 1. The van der Waals surface area contributed by atoms with Crippen LogP contribution in [0.3, 0.4) is 0 Å². The molecule has 6 nitrogen and oxygen atoms in total. The van der Waals surface area contributed by atoms with Gasteiger partial charge >= 0.3 is 5.76 Å². The molecule has 23 heavy (non-hydrogen) atoms. The molecule has 0 atom stereocenters. The van der Waals surface area contributed by atoms with Crippen molar-refractivity contribution in [1.82, 2.24) is 10.3 Å². The van der Waals surface area contributed by atoms with Gasteiger partial charge in [0.05, 0.1) is 5.52 Å². The van der Waals surface area contributed by atoms with Crippen LogP contribution in [0.1, 0.15) is 5.56 Å². The third-order valence-corrected chi connectivity index (χ3v) is 3.16. The van der Waals surface area contributed by atoms with Gasteiger partial charge in [-0.25, -0.2) is 9.18 Å². The molecule has 7 heteroatoms. The van der Waals surface area contributed by atoms with Crippen LogP contribution in [-0.4, -0.2) is 17.5 Å². The van der Waals surface area contributed by atoms with Gasteiger partial charge in [-0.05, 0) is 42.0 Å². The Morgan fingerprint density at radius 1 is 1.22 bits per heavy atom. The minimum absolute atomic E-state index is 0.170. The molecule has 118 valence electrons. The van der Waals surface area contributed by atoms with Crippen LogP contribution in [0, 0.1) is 5.82 Å². The van der Waals surface area contributed by atoms with Crippen molar-refractivity contribution in [2.75, 3.05) is 6.61 Å².